The maximum atomic E-state index is 12.9. The van der Waals surface area contributed by atoms with Gasteiger partial charge in [-0.15, -0.1) is 0 Å². The van der Waals surface area contributed by atoms with Crippen LogP contribution < -0.4 is 5.32 Å². The van der Waals surface area contributed by atoms with Gasteiger partial charge in [-0.25, -0.2) is 4.98 Å². The predicted octanol–water partition coefficient (Wildman–Crippen LogP) is 0.571. The number of amides is 2. The molecule has 2 heterocycles. The number of likely N-dealkylation sites (tertiary alicyclic amines) is 1. The molecular formula is C12H14FN3O2. The van der Waals surface area contributed by atoms with E-state index in [1.807, 2.05) is 0 Å². The summed E-state index contributed by atoms with van der Waals surface area (Å²) in [6.07, 6.45) is 1.02. The lowest BCUT2D eigenvalue weighted by molar-refractivity contribution is -0.132. The zero-order valence-electron chi connectivity index (χ0n) is 10.0. The van der Waals surface area contributed by atoms with Crippen molar-refractivity contribution in [3.63, 3.8) is 0 Å². The maximum absolute atomic E-state index is 12.9. The molecule has 2 amide bonds. The van der Waals surface area contributed by atoms with Crippen molar-refractivity contribution in [1.29, 1.82) is 0 Å². The van der Waals surface area contributed by atoms with Crippen LogP contribution in [0.2, 0.25) is 0 Å². The molecule has 1 saturated heterocycles. The highest BCUT2D eigenvalue weighted by Crippen LogP contribution is 2.10. The van der Waals surface area contributed by atoms with Crippen molar-refractivity contribution in [1.82, 2.24) is 15.2 Å². The van der Waals surface area contributed by atoms with Crippen LogP contribution >= 0.6 is 0 Å². The Balaban J connectivity index is 1.98. The maximum Gasteiger partial charge on any atom is 0.270 e. The Morgan fingerprint density at radius 1 is 1.56 bits per heavy atom. The molecule has 5 nitrogen and oxygen atoms in total. The van der Waals surface area contributed by atoms with Gasteiger partial charge in [-0.05, 0) is 18.6 Å². The molecule has 1 unspecified atom stereocenters. The molecule has 1 aromatic rings. The van der Waals surface area contributed by atoms with E-state index in [4.69, 9.17) is 0 Å². The highest BCUT2D eigenvalue weighted by molar-refractivity contribution is 5.92. The van der Waals surface area contributed by atoms with Gasteiger partial charge < -0.3 is 10.2 Å². The summed E-state index contributed by atoms with van der Waals surface area (Å²) in [7, 11) is 1.70. The average Bonchev–Trinajstić information content (AvgIpc) is 2.34. The summed E-state index contributed by atoms with van der Waals surface area (Å²) in [5, 5.41) is 2.75. The number of rotatable bonds is 2. The van der Waals surface area contributed by atoms with Gasteiger partial charge in [0.05, 0.1) is 0 Å². The molecular weight excluding hydrogens is 237 g/mol. The van der Waals surface area contributed by atoms with E-state index in [2.05, 4.69) is 10.3 Å². The number of carbonyl (C=O) groups is 2. The lowest BCUT2D eigenvalue weighted by Gasteiger charge is -2.30. The summed E-state index contributed by atoms with van der Waals surface area (Å²) in [4.78, 5) is 28.2. The lowest BCUT2D eigenvalue weighted by atomic mass is 10.1. The van der Waals surface area contributed by atoms with Crippen molar-refractivity contribution in [2.45, 2.75) is 18.9 Å². The van der Waals surface area contributed by atoms with Gasteiger partial charge in [0.2, 0.25) is 11.9 Å². The van der Waals surface area contributed by atoms with Crippen LogP contribution in [0.25, 0.3) is 0 Å². The van der Waals surface area contributed by atoms with Crippen LogP contribution in [-0.4, -0.2) is 41.3 Å². The highest BCUT2D eigenvalue weighted by Gasteiger charge is 2.24. The number of nitrogens with one attached hydrogen (secondary N) is 1. The summed E-state index contributed by atoms with van der Waals surface area (Å²) in [5.41, 5.74) is 0.0505. The second-order valence-corrected chi connectivity index (χ2v) is 4.33. The van der Waals surface area contributed by atoms with Crippen molar-refractivity contribution in [3.8, 4) is 0 Å². The second kappa shape index (κ2) is 5.12. The quantitative estimate of drug-likeness (QED) is 0.782. The molecule has 18 heavy (non-hydrogen) atoms. The van der Waals surface area contributed by atoms with Crippen molar-refractivity contribution < 1.29 is 14.0 Å². The van der Waals surface area contributed by atoms with Gasteiger partial charge in [-0.2, -0.15) is 4.39 Å². The minimum atomic E-state index is -0.682. The number of halogens is 1. The fourth-order valence-corrected chi connectivity index (χ4v) is 1.92. The van der Waals surface area contributed by atoms with Crippen molar-refractivity contribution in [2.24, 2.45) is 0 Å². The first-order chi connectivity index (χ1) is 8.56. The van der Waals surface area contributed by atoms with Gasteiger partial charge in [-0.3, -0.25) is 9.59 Å². The number of pyridine rings is 1. The minimum Gasteiger partial charge on any atom is -0.346 e. The van der Waals surface area contributed by atoms with Crippen LogP contribution in [-0.2, 0) is 4.79 Å². The Labute approximate surface area is 104 Å². The molecule has 0 saturated carbocycles. The standard InChI is InChI=1S/C12H14FN3O2/c1-16-7-8(5-6-11(16)17)14-12(18)9-3-2-4-10(13)15-9/h2-4,8H,5-7H2,1H3,(H,14,18). The fraction of sp³-hybridized carbons (Fsp3) is 0.417. The number of aromatic nitrogens is 1. The first-order valence-electron chi connectivity index (χ1n) is 5.73. The van der Waals surface area contributed by atoms with Gasteiger partial charge >= 0.3 is 0 Å². The summed E-state index contributed by atoms with van der Waals surface area (Å²) in [6, 6.07) is 3.97. The van der Waals surface area contributed by atoms with E-state index in [0.29, 0.717) is 19.4 Å². The molecule has 0 aromatic carbocycles. The van der Waals surface area contributed by atoms with Crippen LogP contribution in [0.3, 0.4) is 0 Å². The molecule has 2 rings (SSSR count). The van der Waals surface area contributed by atoms with Gasteiger partial charge in [0.1, 0.15) is 5.69 Å². The van der Waals surface area contributed by atoms with Crippen LogP contribution in [0, 0.1) is 5.95 Å². The Hall–Kier alpha value is -1.98. The summed E-state index contributed by atoms with van der Waals surface area (Å²) in [5.74, 6) is -1.02. The summed E-state index contributed by atoms with van der Waals surface area (Å²) < 4.78 is 12.9. The van der Waals surface area contributed by atoms with Crippen LogP contribution in [0.5, 0.6) is 0 Å². The van der Waals surface area contributed by atoms with E-state index in [0.717, 1.165) is 0 Å². The molecule has 96 valence electrons. The Morgan fingerprint density at radius 2 is 2.33 bits per heavy atom. The monoisotopic (exact) mass is 251 g/mol. The molecule has 0 spiro atoms. The number of hydrogen-bond donors (Lipinski definition) is 1. The summed E-state index contributed by atoms with van der Waals surface area (Å²) in [6.45, 7) is 0.472. The van der Waals surface area contributed by atoms with Gasteiger partial charge in [0.15, 0.2) is 0 Å². The minimum absolute atomic E-state index is 0.0505. The molecule has 0 radical (unpaired) electrons. The number of nitrogens with zero attached hydrogens (tertiary/aromatic N) is 2. The van der Waals surface area contributed by atoms with Gasteiger partial charge in [-0.1, -0.05) is 6.07 Å². The average molecular weight is 251 g/mol. The molecule has 1 aliphatic heterocycles. The van der Waals surface area contributed by atoms with Gasteiger partial charge in [0.25, 0.3) is 5.91 Å². The van der Waals surface area contributed by atoms with E-state index in [1.165, 1.54) is 18.2 Å². The van der Waals surface area contributed by atoms with Crippen LogP contribution in [0.1, 0.15) is 23.3 Å². The third kappa shape index (κ3) is 2.82. The zero-order chi connectivity index (χ0) is 13.1. The first kappa shape index (κ1) is 12.5. The first-order valence-corrected chi connectivity index (χ1v) is 5.73. The molecule has 0 aliphatic carbocycles. The fourth-order valence-electron chi connectivity index (χ4n) is 1.92. The molecule has 1 atom stereocenters. The normalized spacial score (nSPS) is 19.8. The molecule has 1 N–H and O–H groups in total. The highest BCUT2D eigenvalue weighted by atomic mass is 19.1. The van der Waals surface area contributed by atoms with E-state index in [1.54, 1.807) is 11.9 Å². The molecule has 6 heteroatoms. The molecule has 0 bridgehead atoms. The van der Waals surface area contributed by atoms with Crippen LogP contribution in [0.4, 0.5) is 4.39 Å². The number of hydrogen-bond acceptors (Lipinski definition) is 3. The third-order valence-electron chi connectivity index (χ3n) is 2.91. The Kier molecular flexibility index (Phi) is 3.55. The van der Waals surface area contributed by atoms with E-state index >= 15 is 0 Å². The third-order valence-corrected chi connectivity index (χ3v) is 2.91. The second-order valence-electron chi connectivity index (χ2n) is 4.33. The van der Waals surface area contributed by atoms with Crippen LogP contribution in [0.15, 0.2) is 18.2 Å². The van der Waals surface area contributed by atoms with Crippen molar-refractivity contribution in [2.75, 3.05) is 13.6 Å². The Morgan fingerprint density at radius 3 is 3.00 bits per heavy atom. The van der Waals surface area contributed by atoms with Gasteiger partial charge in [0, 0.05) is 26.1 Å². The van der Waals surface area contributed by atoms with Crippen molar-refractivity contribution >= 4 is 11.8 Å². The van der Waals surface area contributed by atoms with Crippen molar-refractivity contribution in [3.05, 3.63) is 29.8 Å². The SMILES string of the molecule is CN1CC(NC(=O)c2cccc(F)n2)CCC1=O. The zero-order valence-corrected chi connectivity index (χ0v) is 10.0. The van der Waals surface area contributed by atoms with E-state index < -0.39 is 11.9 Å². The summed E-state index contributed by atoms with van der Waals surface area (Å²) >= 11 is 0. The topological polar surface area (TPSA) is 62.3 Å². The molecule has 1 aromatic heterocycles. The number of carbonyl (C=O) groups excluding carboxylic acids is 2. The largest absolute Gasteiger partial charge is 0.346 e. The Bertz CT molecular complexity index is 478. The van der Waals surface area contributed by atoms with E-state index in [9.17, 15) is 14.0 Å². The van der Waals surface area contributed by atoms with E-state index in [-0.39, 0.29) is 17.6 Å². The predicted molar refractivity (Wildman–Crippen MR) is 62.3 cm³/mol. The number of likely N-dealkylation sites (N-methyl/N-ethyl adjacent to an activating group) is 1. The molecule has 1 fully saturated rings. The lowest BCUT2D eigenvalue weighted by Crippen LogP contribution is -2.48. The smallest absolute Gasteiger partial charge is 0.270 e. The molecule has 1 aliphatic rings. The number of piperidine rings is 1.